The van der Waals surface area contributed by atoms with Gasteiger partial charge in [-0.15, -0.1) is 0 Å². The molecule has 0 aliphatic rings. The van der Waals surface area contributed by atoms with E-state index in [1.807, 2.05) is 4.72 Å². The second-order valence-corrected chi connectivity index (χ2v) is 7.08. The fourth-order valence-corrected chi connectivity index (χ4v) is 2.90. The highest BCUT2D eigenvalue weighted by atomic mass is 32.2. The van der Waals surface area contributed by atoms with Crippen LogP contribution in [0.25, 0.3) is 12.2 Å². The van der Waals surface area contributed by atoms with Gasteiger partial charge in [-0.3, -0.25) is 4.79 Å². The van der Waals surface area contributed by atoms with Gasteiger partial charge < -0.3 is 19.7 Å². The zero-order chi connectivity index (χ0) is 20.7. The fraction of sp³-hybridized carbons (Fsp3) is 0.105. The average Bonchev–Trinajstić information content (AvgIpc) is 2.66. The number of aromatic hydroxyl groups is 2. The summed E-state index contributed by atoms with van der Waals surface area (Å²) in [7, 11) is -1.27. The van der Waals surface area contributed by atoms with Crippen LogP contribution in [0.3, 0.4) is 0 Å². The minimum atomic E-state index is -4.03. The highest BCUT2D eigenvalue weighted by Gasteiger charge is 2.09. The molecule has 2 aromatic rings. The first-order chi connectivity index (χ1) is 13.2. The van der Waals surface area contributed by atoms with Crippen molar-refractivity contribution in [1.29, 1.82) is 0 Å². The monoisotopic (exact) mass is 405 g/mol. The summed E-state index contributed by atoms with van der Waals surface area (Å²) in [5.74, 6) is -0.562. The van der Waals surface area contributed by atoms with Gasteiger partial charge in [0.05, 0.1) is 19.6 Å². The molecule has 0 saturated carbocycles. The second-order valence-electron chi connectivity index (χ2n) is 5.51. The van der Waals surface area contributed by atoms with Crippen molar-refractivity contribution in [1.82, 2.24) is 4.72 Å². The Labute approximate surface area is 162 Å². The van der Waals surface area contributed by atoms with E-state index in [2.05, 4.69) is 0 Å². The zero-order valence-electron chi connectivity index (χ0n) is 15.1. The molecule has 0 aliphatic carbocycles. The van der Waals surface area contributed by atoms with Crippen LogP contribution in [0.1, 0.15) is 11.1 Å². The largest absolute Gasteiger partial charge is 0.504 e. The van der Waals surface area contributed by atoms with E-state index in [4.69, 9.17) is 9.47 Å². The van der Waals surface area contributed by atoms with Crippen molar-refractivity contribution in [3.05, 3.63) is 59.0 Å². The molecule has 0 spiro atoms. The molecule has 28 heavy (non-hydrogen) atoms. The van der Waals surface area contributed by atoms with Crippen LogP contribution in [-0.4, -0.2) is 38.8 Å². The molecule has 0 unspecified atom stereocenters. The summed E-state index contributed by atoms with van der Waals surface area (Å²) in [4.78, 5) is 11.9. The van der Waals surface area contributed by atoms with Crippen molar-refractivity contribution < 1.29 is 32.9 Å². The standard InChI is InChI=1S/C19H19NO7S/c1-26-17-11-13(3-6-15(17)21)5-8-19(23)20-28(24,25)10-9-14-4-7-16(22)18(12-14)27-2/h3-12,21-22H,1-2H3,(H,20,23)/b8-5-,10-9+. The first-order valence-electron chi connectivity index (χ1n) is 7.91. The number of ether oxygens (including phenoxy) is 2. The molecule has 0 aromatic heterocycles. The minimum absolute atomic E-state index is 0.0531. The number of amides is 1. The molecule has 3 N–H and O–H groups in total. The summed E-state index contributed by atoms with van der Waals surface area (Å²) in [5, 5.41) is 19.9. The Hall–Kier alpha value is -3.46. The normalized spacial score (nSPS) is 11.6. The molecule has 0 saturated heterocycles. The van der Waals surface area contributed by atoms with E-state index in [1.54, 1.807) is 0 Å². The minimum Gasteiger partial charge on any atom is -0.504 e. The van der Waals surface area contributed by atoms with Gasteiger partial charge in [0.2, 0.25) is 0 Å². The Bertz CT molecular complexity index is 1030. The Morgan fingerprint density at radius 2 is 1.43 bits per heavy atom. The van der Waals surface area contributed by atoms with E-state index in [9.17, 15) is 23.4 Å². The van der Waals surface area contributed by atoms with Gasteiger partial charge in [0.1, 0.15) is 0 Å². The zero-order valence-corrected chi connectivity index (χ0v) is 15.9. The second kappa shape index (κ2) is 8.96. The Kier molecular flexibility index (Phi) is 6.67. The summed E-state index contributed by atoms with van der Waals surface area (Å²) < 4.78 is 35.8. The summed E-state index contributed by atoms with van der Waals surface area (Å²) in [6.45, 7) is 0. The number of hydrogen-bond acceptors (Lipinski definition) is 7. The summed E-state index contributed by atoms with van der Waals surface area (Å²) in [5.41, 5.74) is 0.994. The highest BCUT2D eigenvalue weighted by molar-refractivity contribution is 7.93. The molecule has 2 aromatic carbocycles. The Morgan fingerprint density at radius 3 is 1.93 bits per heavy atom. The van der Waals surface area contributed by atoms with Crippen molar-refractivity contribution in [2.45, 2.75) is 0 Å². The first-order valence-corrected chi connectivity index (χ1v) is 9.45. The van der Waals surface area contributed by atoms with Crippen LogP contribution in [0.15, 0.2) is 47.9 Å². The maximum Gasteiger partial charge on any atom is 0.257 e. The topological polar surface area (TPSA) is 122 Å². The average molecular weight is 405 g/mol. The summed E-state index contributed by atoms with van der Waals surface area (Å²) in [6, 6.07) is 8.71. The predicted octanol–water partition coefficient (Wildman–Crippen LogP) is 2.25. The number of phenols is 2. The van der Waals surface area contributed by atoms with E-state index in [0.717, 1.165) is 11.5 Å². The molecule has 0 fully saturated rings. The van der Waals surface area contributed by atoms with Gasteiger partial charge in [0, 0.05) is 6.08 Å². The van der Waals surface area contributed by atoms with E-state index in [-0.39, 0.29) is 23.0 Å². The van der Waals surface area contributed by atoms with E-state index < -0.39 is 15.9 Å². The maximum absolute atomic E-state index is 12.0. The van der Waals surface area contributed by atoms with Crippen LogP contribution in [-0.2, 0) is 14.8 Å². The molecule has 2 rings (SSSR count). The van der Waals surface area contributed by atoms with Crippen molar-refractivity contribution in [2.75, 3.05) is 14.2 Å². The lowest BCUT2D eigenvalue weighted by Crippen LogP contribution is -2.26. The summed E-state index contributed by atoms with van der Waals surface area (Å²) in [6.07, 6.45) is 3.67. The molecule has 0 radical (unpaired) electrons. The van der Waals surface area contributed by atoms with Gasteiger partial charge >= 0.3 is 0 Å². The third-order valence-electron chi connectivity index (χ3n) is 3.52. The van der Waals surface area contributed by atoms with Crippen molar-refractivity contribution in [3.8, 4) is 23.0 Å². The van der Waals surface area contributed by atoms with E-state index in [0.29, 0.717) is 11.1 Å². The molecule has 0 aliphatic heterocycles. The number of nitrogens with one attached hydrogen (secondary N) is 1. The molecular formula is C19H19NO7S. The quantitative estimate of drug-likeness (QED) is 0.604. The molecular weight excluding hydrogens is 386 g/mol. The van der Waals surface area contributed by atoms with Gasteiger partial charge in [-0.05, 0) is 47.5 Å². The lowest BCUT2D eigenvalue weighted by atomic mass is 10.2. The van der Waals surface area contributed by atoms with Gasteiger partial charge in [-0.2, -0.15) is 0 Å². The van der Waals surface area contributed by atoms with E-state index in [1.165, 1.54) is 62.8 Å². The van der Waals surface area contributed by atoms with Crippen LogP contribution in [0.4, 0.5) is 0 Å². The van der Waals surface area contributed by atoms with Gasteiger partial charge in [-0.1, -0.05) is 12.1 Å². The number of phenolic OH excluding ortho intramolecular Hbond substituents is 2. The third-order valence-corrected chi connectivity index (χ3v) is 4.50. The van der Waals surface area contributed by atoms with Crippen molar-refractivity contribution in [2.24, 2.45) is 0 Å². The molecule has 148 valence electrons. The number of rotatable bonds is 7. The number of carbonyl (C=O) groups excluding carboxylic acids is 1. The van der Waals surface area contributed by atoms with Gasteiger partial charge in [-0.25, -0.2) is 13.1 Å². The molecule has 0 bridgehead atoms. The van der Waals surface area contributed by atoms with Gasteiger partial charge in [0.15, 0.2) is 23.0 Å². The number of sulfonamides is 1. The fourth-order valence-electron chi connectivity index (χ4n) is 2.14. The van der Waals surface area contributed by atoms with E-state index >= 15 is 0 Å². The first kappa shape index (κ1) is 20.8. The molecule has 0 atom stereocenters. The van der Waals surface area contributed by atoms with Crippen molar-refractivity contribution in [3.63, 3.8) is 0 Å². The molecule has 9 heteroatoms. The Balaban J connectivity index is 2.06. The molecule has 8 nitrogen and oxygen atoms in total. The van der Waals surface area contributed by atoms with Crippen LogP contribution in [0.2, 0.25) is 0 Å². The van der Waals surface area contributed by atoms with Crippen molar-refractivity contribution >= 4 is 28.1 Å². The van der Waals surface area contributed by atoms with Gasteiger partial charge in [0.25, 0.3) is 15.9 Å². The van der Waals surface area contributed by atoms with Crippen LogP contribution >= 0.6 is 0 Å². The summed E-state index contributed by atoms with van der Waals surface area (Å²) >= 11 is 0. The molecule has 0 heterocycles. The van der Waals surface area contributed by atoms with Crippen LogP contribution < -0.4 is 14.2 Å². The highest BCUT2D eigenvalue weighted by Crippen LogP contribution is 2.27. The number of methoxy groups -OCH3 is 2. The van der Waals surface area contributed by atoms with Crippen LogP contribution in [0, 0.1) is 0 Å². The maximum atomic E-state index is 12.0. The molecule has 1 amide bonds. The number of benzene rings is 2. The smallest absolute Gasteiger partial charge is 0.257 e. The number of hydrogen-bond donors (Lipinski definition) is 3. The lowest BCUT2D eigenvalue weighted by molar-refractivity contribution is -0.114. The predicted molar refractivity (Wildman–Crippen MR) is 104 cm³/mol. The third kappa shape index (κ3) is 5.78. The van der Waals surface area contributed by atoms with Crippen LogP contribution in [0.5, 0.6) is 23.0 Å². The Morgan fingerprint density at radius 1 is 0.929 bits per heavy atom. The SMILES string of the molecule is COc1cc(/C=C\C(=O)NS(=O)(=O)/C=C/c2ccc(O)c(OC)c2)ccc1O. The number of carbonyl (C=O) groups is 1. The lowest BCUT2D eigenvalue weighted by Gasteiger charge is -2.04.